The quantitative estimate of drug-likeness (QED) is 0.551. The second-order valence-corrected chi connectivity index (χ2v) is 5.07. The highest BCUT2D eigenvalue weighted by molar-refractivity contribution is 5.76. The van der Waals surface area contributed by atoms with E-state index < -0.39 is 0 Å². The van der Waals surface area contributed by atoms with Crippen molar-refractivity contribution in [3.8, 4) is 0 Å². The van der Waals surface area contributed by atoms with Crippen LogP contribution in [0.2, 0.25) is 0 Å². The van der Waals surface area contributed by atoms with E-state index in [2.05, 4.69) is 0 Å². The number of esters is 1. The standard InChI is InChI=1S/C18H22O4/c1-3-21-18(19)14(2)17-10-9-16(22-17)11-12-20-13-15-7-5-4-6-8-15/h4-10,14H,3,11-13H2,1-2H3. The van der Waals surface area contributed by atoms with Crippen molar-refractivity contribution >= 4 is 5.97 Å². The topological polar surface area (TPSA) is 48.7 Å². The van der Waals surface area contributed by atoms with Gasteiger partial charge < -0.3 is 13.9 Å². The van der Waals surface area contributed by atoms with Gasteiger partial charge in [0.05, 0.1) is 19.8 Å². The molecule has 1 aromatic heterocycles. The fourth-order valence-electron chi connectivity index (χ4n) is 2.08. The zero-order chi connectivity index (χ0) is 15.8. The Hall–Kier alpha value is -2.07. The van der Waals surface area contributed by atoms with Crippen LogP contribution in [0.4, 0.5) is 0 Å². The molecule has 4 heteroatoms. The van der Waals surface area contributed by atoms with Gasteiger partial charge in [0.2, 0.25) is 0 Å². The third-order valence-corrected chi connectivity index (χ3v) is 3.35. The number of carbonyl (C=O) groups excluding carboxylic acids is 1. The van der Waals surface area contributed by atoms with Crippen LogP contribution < -0.4 is 0 Å². The lowest BCUT2D eigenvalue weighted by molar-refractivity contribution is -0.144. The minimum Gasteiger partial charge on any atom is -0.465 e. The van der Waals surface area contributed by atoms with Crippen molar-refractivity contribution in [3.05, 3.63) is 59.5 Å². The summed E-state index contributed by atoms with van der Waals surface area (Å²) in [6.07, 6.45) is 0.683. The van der Waals surface area contributed by atoms with E-state index in [1.54, 1.807) is 13.8 Å². The molecule has 118 valence electrons. The molecule has 0 saturated carbocycles. The Labute approximate surface area is 131 Å². The average Bonchev–Trinajstić information content (AvgIpc) is 3.01. The van der Waals surface area contributed by atoms with Gasteiger partial charge in [-0.2, -0.15) is 0 Å². The SMILES string of the molecule is CCOC(=O)C(C)c1ccc(CCOCc2ccccc2)o1. The van der Waals surface area contributed by atoms with Gasteiger partial charge in [0.15, 0.2) is 0 Å². The van der Waals surface area contributed by atoms with Gasteiger partial charge in [0.1, 0.15) is 17.4 Å². The normalized spacial score (nSPS) is 12.1. The first-order valence-corrected chi connectivity index (χ1v) is 7.57. The lowest BCUT2D eigenvalue weighted by Gasteiger charge is -2.07. The van der Waals surface area contributed by atoms with Gasteiger partial charge in [0.25, 0.3) is 0 Å². The number of rotatable bonds is 8. The van der Waals surface area contributed by atoms with Gasteiger partial charge in [-0.1, -0.05) is 30.3 Å². The maximum Gasteiger partial charge on any atom is 0.316 e. The summed E-state index contributed by atoms with van der Waals surface area (Å²) < 4.78 is 16.3. The summed E-state index contributed by atoms with van der Waals surface area (Å²) in [6.45, 7) is 5.13. The monoisotopic (exact) mass is 302 g/mol. The number of benzene rings is 1. The first-order chi connectivity index (χ1) is 10.7. The van der Waals surface area contributed by atoms with Crippen LogP contribution in [0.15, 0.2) is 46.9 Å². The van der Waals surface area contributed by atoms with Crippen LogP contribution in [0, 0.1) is 0 Å². The summed E-state index contributed by atoms with van der Waals surface area (Å²) >= 11 is 0. The number of hydrogen-bond acceptors (Lipinski definition) is 4. The molecule has 0 saturated heterocycles. The predicted molar refractivity (Wildman–Crippen MR) is 83.6 cm³/mol. The molecule has 22 heavy (non-hydrogen) atoms. The molecular formula is C18H22O4. The third-order valence-electron chi connectivity index (χ3n) is 3.35. The molecule has 0 radical (unpaired) electrons. The van der Waals surface area contributed by atoms with Gasteiger partial charge in [-0.15, -0.1) is 0 Å². The molecule has 1 heterocycles. The average molecular weight is 302 g/mol. The van der Waals surface area contributed by atoms with Crippen LogP contribution in [0.5, 0.6) is 0 Å². The highest BCUT2D eigenvalue weighted by Gasteiger charge is 2.19. The molecule has 0 bridgehead atoms. The van der Waals surface area contributed by atoms with Gasteiger partial charge in [-0.3, -0.25) is 4.79 Å². The van der Waals surface area contributed by atoms with Gasteiger partial charge >= 0.3 is 5.97 Å². The number of hydrogen-bond donors (Lipinski definition) is 0. The van der Waals surface area contributed by atoms with E-state index in [0.29, 0.717) is 32.0 Å². The molecule has 0 N–H and O–H groups in total. The molecule has 0 aliphatic rings. The lowest BCUT2D eigenvalue weighted by Crippen LogP contribution is -2.12. The molecule has 4 nitrogen and oxygen atoms in total. The molecule has 0 aliphatic heterocycles. The fraction of sp³-hybridized carbons (Fsp3) is 0.389. The summed E-state index contributed by atoms with van der Waals surface area (Å²) in [7, 11) is 0. The number of carbonyl (C=O) groups is 1. The largest absolute Gasteiger partial charge is 0.465 e. The van der Waals surface area contributed by atoms with Crippen LogP contribution in [-0.2, 0) is 27.3 Å². The van der Waals surface area contributed by atoms with Crippen LogP contribution in [0.1, 0.15) is 36.8 Å². The minimum absolute atomic E-state index is 0.260. The lowest BCUT2D eigenvalue weighted by atomic mass is 10.1. The summed E-state index contributed by atoms with van der Waals surface area (Å²) in [5.41, 5.74) is 1.15. The van der Waals surface area contributed by atoms with Crippen molar-refractivity contribution < 1.29 is 18.7 Å². The summed E-state index contributed by atoms with van der Waals surface area (Å²) in [5, 5.41) is 0. The van der Waals surface area contributed by atoms with Crippen molar-refractivity contribution in [1.82, 2.24) is 0 Å². The van der Waals surface area contributed by atoms with Crippen LogP contribution in [0.3, 0.4) is 0 Å². The Kier molecular flexibility index (Phi) is 6.22. The molecule has 0 amide bonds. The molecule has 1 atom stereocenters. The zero-order valence-corrected chi connectivity index (χ0v) is 13.1. The van der Waals surface area contributed by atoms with Crippen LogP contribution in [-0.4, -0.2) is 19.2 Å². The maximum absolute atomic E-state index is 11.7. The summed E-state index contributed by atoms with van der Waals surface area (Å²) in [4.78, 5) is 11.7. The molecule has 1 aromatic carbocycles. The maximum atomic E-state index is 11.7. The number of furan rings is 1. The van der Waals surface area contributed by atoms with Crippen molar-refractivity contribution in [2.24, 2.45) is 0 Å². The number of ether oxygens (including phenoxy) is 2. The van der Waals surface area contributed by atoms with E-state index in [1.807, 2.05) is 42.5 Å². The van der Waals surface area contributed by atoms with Gasteiger partial charge in [0, 0.05) is 6.42 Å². The fourth-order valence-corrected chi connectivity index (χ4v) is 2.08. The first-order valence-electron chi connectivity index (χ1n) is 7.57. The van der Waals surface area contributed by atoms with Gasteiger partial charge in [-0.25, -0.2) is 0 Å². The molecule has 1 unspecified atom stereocenters. The molecule has 0 fully saturated rings. The highest BCUT2D eigenvalue weighted by Crippen LogP contribution is 2.20. The first kappa shape index (κ1) is 16.3. The van der Waals surface area contributed by atoms with E-state index in [-0.39, 0.29) is 11.9 Å². The second kappa shape index (κ2) is 8.39. The molecular weight excluding hydrogens is 280 g/mol. The predicted octanol–water partition coefficient (Wildman–Crippen LogP) is 3.71. The van der Waals surface area contributed by atoms with E-state index in [9.17, 15) is 4.79 Å². The molecule has 2 rings (SSSR count). The summed E-state index contributed by atoms with van der Waals surface area (Å²) in [5.74, 6) is 0.818. The Morgan fingerprint density at radius 3 is 2.68 bits per heavy atom. The second-order valence-electron chi connectivity index (χ2n) is 5.07. The van der Waals surface area contributed by atoms with Crippen molar-refractivity contribution in [3.63, 3.8) is 0 Å². The van der Waals surface area contributed by atoms with E-state index in [1.165, 1.54) is 0 Å². The smallest absolute Gasteiger partial charge is 0.316 e. The Bertz CT molecular complexity index is 574. The van der Waals surface area contributed by atoms with Crippen molar-refractivity contribution in [2.45, 2.75) is 32.8 Å². The van der Waals surface area contributed by atoms with Crippen LogP contribution >= 0.6 is 0 Å². The minimum atomic E-state index is -0.376. The van der Waals surface area contributed by atoms with E-state index in [4.69, 9.17) is 13.9 Å². The Morgan fingerprint density at radius 2 is 1.95 bits per heavy atom. The van der Waals surface area contributed by atoms with Gasteiger partial charge in [-0.05, 0) is 31.5 Å². The highest BCUT2D eigenvalue weighted by atomic mass is 16.5. The summed E-state index contributed by atoms with van der Waals surface area (Å²) in [6, 6.07) is 13.8. The Morgan fingerprint density at radius 1 is 1.18 bits per heavy atom. The Balaban J connectivity index is 1.76. The van der Waals surface area contributed by atoms with E-state index in [0.717, 1.165) is 11.3 Å². The molecule has 2 aromatic rings. The molecule has 0 spiro atoms. The third kappa shape index (κ3) is 4.74. The van der Waals surface area contributed by atoms with Crippen molar-refractivity contribution in [2.75, 3.05) is 13.2 Å². The zero-order valence-electron chi connectivity index (χ0n) is 13.1. The van der Waals surface area contributed by atoms with Crippen molar-refractivity contribution in [1.29, 1.82) is 0 Å². The van der Waals surface area contributed by atoms with Crippen LogP contribution in [0.25, 0.3) is 0 Å². The molecule has 0 aliphatic carbocycles. The van der Waals surface area contributed by atoms with E-state index >= 15 is 0 Å².